The molecule has 2 aromatic carbocycles. The average molecular weight is 546 g/mol. The Labute approximate surface area is 237 Å². The third kappa shape index (κ3) is 4.84. The molecule has 0 fully saturated rings. The van der Waals surface area contributed by atoms with Gasteiger partial charge in [-0.1, -0.05) is 39.0 Å². The van der Waals surface area contributed by atoms with Crippen molar-refractivity contribution in [1.29, 1.82) is 5.26 Å². The van der Waals surface area contributed by atoms with Gasteiger partial charge in [-0.3, -0.25) is 19.6 Å². The van der Waals surface area contributed by atoms with E-state index in [9.17, 15) is 19.2 Å². The molecule has 4 heterocycles. The fourth-order valence-electron chi connectivity index (χ4n) is 5.84. The van der Waals surface area contributed by atoms with E-state index in [1.807, 2.05) is 51.1 Å². The first kappa shape index (κ1) is 26.3. The number of hydrogen-bond acceptors (Lipinski definition) is 5. The Hall–Kier alpha value is -4.90. The molecule has 0 aliphatic carbocycles. The average Bonchev–Trinajstić information content (AvgIpc) is 3.52. The SMILES string of the molecule is CC(C)c1ncc(-c2cc(C[C@H](C)c3cnc(-c4cccc5c4CC(=O)N5)cc3C#N)cc3c2CC(=O)N3)cc1F. The first-order valence-electron chi connectivity index (χ1n) is 13.7. The van der Waals surface area contributed by atoms with E-state index in [-0.39, 0.29) is 42.3 Å². The van der Waals surface area contributed by atoms with Crippen LogP contribution in [0, 0.1) is 17.1 Å². The van der Waals surface area contributed by atoms with Gasteiger partial charge in [0, 0.05) is 34.9 Å². The summed E-state index contributed by atoms with van der Waals surface area (Å²) in [7, 11) is 0. The maximum absolute atomic E-state index is 14.9. The van der Waals surface area contributed by atoms with Crippen LogP contribution in [-0.2, 0) is 28.9 Å². The van der Waals surface area contributed by atoms with E-state index in [0.29, 0.717) is 28.9 Å². The quantitative estimate of drug-likeness (QED) is 0.297. The second-order valence-corrected chi connectivity index (χ2v) is 11.1. The number of fused-ring (bicyclic) bond motifs is 2. The van der Waals surface area contributed by atoms with Crippen LogP contribution in [0.25, 0.3) is 22.4 Å². The highest BCUT2D eigenvalue weighted by atomic mass is 19.1. The summed E-state index contributed by atoms with van der Waals surface area (Å²) in [6.45, 7) is 5.83. The summed E-state index contributed by atoms with van der Waals surface area (Å²) < 4.78 is 14.9. The zero-order valence-electron chi connectivity index (χ0n) is 23.0. The van der Waals surface area contributed by atoms with Gasteiger partial charge in [0.2, 0.25) is 11.8 Å². The third-order valence-electron chi connectivity index (χ3n) is 7.84. The van der Waals surface area contributed by atoms with Gasteiger partial charge in [-0.25, -0.2) is 4.39 Å². The number of halogens is 1. The van der Waals surface area contributed by atoms with Crippen LogP contribution in [-0.4, -0.2) is 21.8 Å². The summed E-state index contributed by atoms with van der Waals surface area (Å²) in [5, 5.41) is 15.8. The maximum atomic E-state index is 14.9. The molecule has 2 aliphatic rings. The smallest absolute Gasteiger partial charge is 0.228 e. The summed E-state index contributed by atoms with van der Waals surface area (Å²) >= 11 is 0. The molecule has 2 amide bonds. The molecule has 4 aromatic rings. The number of benzene rings is 2. The molecule has 0 bridgehead atoms. The lowest BCUT2D eigenvalue weighted by Crippen LogP contribution is -2.05. The normalized spacial score (nSPS) is 14.3. The van der Waals surface area contributed by atoms with Crippen LogP contribution in [0.3, 0.4) is 0 Å². The molecule has 0 radical (unpaired) electrons. The van der Waals surface area contributed by atoms with Gasteiger partial charge in [0.1, 0.15) is 5.82 Å². The minimum absolute atomic E-state index is 0.0403. The zero-order chi connectivity index (χ0) is 28.8. The number of anilines is 2. The second kappa shape index (κ2) is 10.3. The van der Waals surface area contributed by atoms with E-state index < -0.39 is 0 Å². The van der Waals surface area contributed by atoms with Crippen molar-refractivity contribution < 1.29 is 14.0 Å². The van der Waals surface area contributed by atoms with Crippen molar-refractivity contribution in [3.8, 4) is 28.5 Å². The van der Waals surface area contributed by atoms with Gasteiger partial charge in [-0.15, -0.1) is 0 Å². The van der Waals surface area contributed by atoms with Crippen molar-refractivity contribution in [3.05, 3.63) is 94.2 Å². The lowest BCUT2D eigenvalue weighted by atomic mass is 9.88. The number of amides is 2. The van der Waals surface area contributed by atoms with Crippen LogP contribution in [0.2, 0.25) is 0 Å². The molecule has 2 N–H and O–H groups in total. The van der Waals surface area contributed by atoms with Crippen molar-refractivity contribution in [2.45, 2.75) is 51.9 Å². The Morgan fingerprint density at radius 3 is 2.37 bits per heavy atom. The molecule has 2 aliphatic heterocycles. The van der Waals surface area contributed by atoms with Gasteiger partial charge in [-0.05, 0) is 70.3 Å². The topological polar surface area (TPSA) is 108 Å². The standard InChI is InChI=1S/C33H28FN5O2/c1-17(2)33-27(34)10-21(15-37-33)23-8-19(9-30-25(23)13-32(41)39-30)7-18(3)26-16-36-29(11-20(26)14-35)22-5-4-6-28-24(22)12-31(40)38-28/h4-6,8-11,15-18H,7,12-13H2,1-3H3,(H,38,40)(H,39,41)/t18-/m0/s1. The zero-order valence-corrected chi connectivity index (χ0v) is 23.0. The molecule has 0 saturated carbocycles. The lowest BCUT2D eigenvalue weighted by molar-refractivity contribution is -0.115. The summed E-state index contributed by atoms with van der Waals surface area (Å²) in [6.07, 6.45) is 4.49. The number of hydrogen-bond donors (Lipinski definition) is 2. The first-order valence-corrected chi connectivity index (χ1v) is 13.7. The van der Waals surface area contributed by atoms with Gasteiger partial charge >= 0.3 is 0 Å². The van der Waals surface area contributed by atoms with Gasteiger partial charge < -0.3 is 10.6 Å². The summed E-state index contributed by atoms with van der Waals surface area (Å²) in [5.41, 5.74) is 8.77. The minimum Gasteiger partial charge on any atom is -0.326 e. The van der Waals surface area contributed by atoms with Crippen LogP contribution in [0.5, 0.6) is 0 Å². The van der Waals surface area contributed by atoms with Crippen LogP contribution in [0.4, 0.5) is 15.8 Å². The van der Waals surface area contributed by atoms with Crippen molar-refractivity contribution in [2.75, 3.05) is 10.6 Å². The number of pyridine rings is 2. The summed E-state index contributed by atoms with van der Waals surface area (Å²) in [5.74, 6) is -0.637. The van der Waals surface area contributed by atoms with Crippen LogP contribution in [0.15, 0.2) is 54.9 Å². The van der Waals surface area contributed by atoms with Crippen LogP contribution < -0.4 is 10.6 Å². The Morgan fingerprint density at radius 2 is 1.66 bits per heavy atom. The number of carbonyl (C=O) groups excluding carboxylic acids is 2. The molecule has 0 unspecified atom stereocenters. The highest BCUT2D eigenvalue weighted by molar-refractivity contribution is 6.02. The molecule has 0 spiro atoms. The van der Waals surface area contributed by atoms with E-state index in [4.69, 9.17) is 4.98 Å². The number of aromatic nitrogens is 2. The van der Waals surface area contributed by atoms with E-state index in [0.717, 1.165) is 44.8 Å². The predicted octanol–water partition coefficient (Wildman–Crippen LogP) is 6.28. The molecule has 2 aromatic heterocycles. The molecule has 204 valence electrons. The molecule has 8 heteroatoms. The van der Waals surface area contributed by atoms with Gasteiger partial charge in [0.25, 0.3) is 0 Å². The summed E-state index contributed by atoms with van der Waals surface area (Å²) in [6, 6.07) is 15.2. The molecular formula is C33H28FN5O2. The van der Waals surface area contributed by atoms with Crippen molar-refractivity contribution >= 4 is 23.2 Å². The predicted molar refractivity (Wildman–Crippen MR) is 155 cm³/mol. The van der Waals surface area contributed by atoms with E-state index in [1.54, 1.807) is 18.5 Å². The molecule has 7 nitrogen and oxygen atoms in total. The maximum Gasteiger partial charge on any atom is 0.228 e. The Kier molecular flexibility index (Phi) is 6.58. The Morgan fingerprint density at radius 1 is 0.927 bits per heavy atom. The second-order valence-electron chi connectivity index (χ2n) is 11.1. The number of nitriles is 1. The fourth-order valence-corrected chi connectivity index (χ4v) is 5.84. The number of carbonyl (C=O) groups is 2. The molecular weight excluding hydrogens is 517 g/mol. The number of nitrogens with zero attached hydrogens (tertiary/aromatic N) is 3. The highest BCUT2D eigenvalue weighted by Gasteiger charge is 2.25. The van der Waals surface area contributed by atoms with E-state index in [2.05, 4.69) is 21.7 Å². The van der Waals surface area contributed by atoms with Gasteiger partial charge in [0.05, 0.1) is 35.9 Å². The van der Waals surface area contributed by atoms with E-state index >= 15 is 0 Å². The van der Waals surface area contributed by atoms with Gasteiger partial charge in [0.15, 0.2) is 0 Å². The molecule has 6 rings (SSSR count). The monoisotopic (exact) mass is 545 g/mol. The first-order chi connectivity index (χ1) is 19.7. The molecule has 0 saturated heterocycles. The molecule has 1 atom stereocenters. The Bertz CT molecular complexity index is 1790. The fraction of sp³-hybridized carbons (Fsp3) is 0.242. The largest absolute Gasteiger partial charge is 0.326 e. The Balaban J connectivity index is 1.33. The number of nitrogens with one attached hydrogen (secondary N) is 2. The van der Waals surface area contributed by atoms with Crippen LogP contribution in [0.1, 0.15) is 66.1 Å². The van der Waals surface area contributed by atoms with Crippen molar-refractivity contribution in [1.82, 2.24) is 9.97 Å². The van der Waals surface area contributed by atoms with Crippen molar-refractivity contribution in [2.24, 2.45) is 0 Å². The highest BCUT2D eigenvalue weighted by Crippen LogP contribution is 2.38. The lowest BCUT2D eigenvalue weighted by Gasteiger charge is -2.17. The summed E-state index contributed by atoms with van der Waals surface area (Å²) in [4.78, 5) is 33.3. The minimum atomic E-state index is -0.365. The third-order valence-corrected chi connectivity index (χ3v) is 7.84. The van der Waals surface area contributed by atoms with Gasteiger partial charge in [-0.2, -0.15) is 5.26 Å². The van der Waals surface area contributed by atoms with Crippen LogP contribution >= 0.6 is 0 Å². The van der Waals surface area contributed by atoms with E-state index in [1.165, 1.54) is 6.07 Å². The van der Waals surface area contributed by atoms with Crippen molar-refractivity contribution in [3.63, 3.8) is 0 Å². The molecule has 41 heavy (non-hydrogen) atoms. The number of rotatable bonds is 6.